The number of aromatic nitrogens is 1. The molecule has 1 aromatic carbocycles. The van der Waals surface area contributed by atoms with Gasteiger partial charge in [-0.2, -0.15) is 22.5 Å². The largest absolute Gasteiger partial charge is 0.497 e. The number of carbonyl (C=O) groups is 1. The van der Waals surface area contributed by atoms with Crippen molar-refractivity contribution in [2.75, 3.05) is 45.3 Å². The fourth-order valence-corrected chi connectivity index (χ4v) is 3.03. The van der Waals surface area contributed by atoms with Crippen LogP contribution in [0.15, 0.2) is 18.2 Å². The maximum absolute atomic E-state index is 13.9. The Morgan fingerprint density at radius 3 is 2.11 bits per heavy atom. The number of ether oxygens (including phenoxy) is 2. The maximum Gasteiger partial charge on any atom is 0.257 e. The van der Waals surface area contributed by atoms with Gasteiger partial charge in [-0.3, -0.25) is 4.79 Å². The van der Waals surface area contributed by atoms with Gasteiger partial charge in [0, 0.05) is 32.2 Å². The molecule has 0 aliphatic carbocycles. The molecule has 28 heavy (non-hydrogen) atoms. The molecule has 10 heteroatoms. The Morgan fingerprint density at radius 2 is 1.57 bits per heavy atom. The van der Waals surface area contributed by atoms with Gasteiger partial charge < -0.3 is 19.3 Å². The number of methoxy groups -OCH3 is 2. The molecule has 6 nitrogen and oxygen atoms in total. The molecule has 0 N–H and O–H groups in total. The Hall–Kier alpha value is -3.04. The topological polar surface area (TPSA) is 54.9 Å². The van der Waals surface area contributed by atoms with E-state index in [0.717, 1.165) is 4.90 Å². The van der Waals surface area contributed by atoms with E-state index in [2.05, 4.69) is 4.98 Å². The molecular weight excluding hydrogens is 382 g/mol. The van der Waals surface area contributed by atoms with E-state index >= 15 is 0 Å². The zero-order valence-corrected chi connectivity index (χ0v) is 15.1. The van der Waals surface area contributed by atoms with E-state index in [4.69, 9.17) is 9.47 Å². The van der Waals surface area contributed by atoms with Crippen molar-refractivity contribution < 1.29 is 31.8 Å². The lowest BCUT2D eigenvalue weighted by Gasteiger charge is -2.36. The predicted molar refractivity (Wildman–Crippen MR) is 91.7 cm³/mol. The molecule has 0 bridgehead atoms. The maximum atomic E-state index is 13.9. The van der Waals surface area contributed by atoms with Crippen LogP contribution in [0.4, 0.5) is 23.2 Å². The Bertz CT molecular complexity index is 876. The molecule has 1 fully saturated rings. The number of carbonyl (C=O) groups excluding carboxylic acids is 1. The van der Waals surface area contributed by atoms with Gasteiger partial charge in [-0.05, 0) is 12.1 Å². The van der Waals surface area contributed by atoms with Crippen molar-refractivity contribution in [3.05, 3.63) is 47.3 Å². The average molecular weight is 399 g/mol. The van der Waals surface area contributed by atoms with Gasteiger partial charge in [0.1, 0.15) is 17.2 Å². The van der Waals surface area contributed by atoms with Crippen LogP contribution in [0.1, 0.15) is 10.4 Å². The third kappa shape index (κ3) is 3.54. The van der Waals surface area contributed by atoms with Crippen LogP contribution in [0.25, 0.3) is 0 Å². The minimum atomic E-state index is -1.71. The van der Waals surface area contributed by atoms with Crippen molar-refractivity contribution >= 4 is 11.6 Å². The second-order valence-corrected chi connectivity index (χ2v) is 6.02. The van der Waals surface area contributed by atoms with Gasteiger partial charge in [0.25, 0.3) is 17.8 Å². The summed E-state index contributed by atoms with van der Waals surface area (Å²) in [5.74, 6) is -6.04. The number of pyridine rings is 1. The van der Waals surface area contributed by atoms with Crippen LogP contribution in [0, 0.1) is 23.5 Å². The van der Waals surface area contributed by atoms with E-state index in [1.807, 2.05) is 0 Å². The van der Waals surface area contributed by atoms with Crippen LogP contribution in [0.3, 0.4) is 0 Å². The third-order valence-corrected chi connectivity index (χ3v) is 4.50. The van der Waals surface area contributed by atoms with Gasteiger partial charge in [0.15, 0.2) is 0 Å². The number of hydrogen-bond donors (Lipinski definition) is 0. The van der Waals surface area contributed by atoms with Gasteiger partial charge >= 0.3 is 0 Å². The molecule has 2 aromatic rings. The summed E-state index contributed by atoms with van der Waals surface area (Å²) in [6.45, 7) is 0.165. The van der Waals surface area contributed by atoms with E-state index in [-0.39, 0.29) is 32.1 Å². The lowest BCUT2D eigenvalue weighted by Crippen LogP contribution is -2.49. The molecule has 0 saturated carbocycles. The number of amides is 1. The molecule has 0 unspecified atom stereocenters. The van der Waals surface area contributed by atoms with Crippen LogP contribution >= 0.6 is 0 Å². The number of piperazine rings is 1. The summed E-state index contributed by atoms with van der Waals surface area (Å²) in [5.41, 5.74) is -0.519. The first-order valence-electron chi connectivity index (χ1n) is 8.33. The molecule has 1 saturated heterocycles. The fourth-order valence-electron chi connectivity index (χ4n) is 3.03. The number of halogens is 4. The summed E-state index contributed by atoms with van der Waals surface area (Å²) in [7, 11) is 2.90. The van der Waals surface area contributed by atoms with Crippen molar-refractivity contribution in [2.24, 2.45) is 0 Å². The summed E-state index contributed by atoms with van der Waals surface area (Å²) in [6, 6.07) is 4.73. The Kier molecular flexibility index (Phi) is 5.57. The van der Waals surface area contributed by atoms with Gasteiger partial charge in [-0.15, -0.1) is 0 Å². The van der Waals surface area contributed by atoms with E-state index < -0.39 is 29.2 Å². The minimum absolute atomic E-state index is 0.0130. The lowest BCUT2D eigenvalue weighted by atomic mass is 10.1. The number of anilines is 1. The van der Waals surface area contributed by atoms with Crippen molar-refractivity contribution in [1.29, 1.82) is 0 Å². The van der Waals surface area contributed by atoms with E-state index in [1.54, 1.807) is 18.2 Å². The second kappa shape index (κ2) is 7.91. The lowest BCUT2D eigenvalue weighted by molar-refractivity contribution is 0.0743. The summed E-state index contributed by atoms with van der Waals surface area (Å²) in [6.07, 6.45) is 0. The quantitative estimate of drug-likeness (QED) is 0.585. The van der Waals surface area contributed by atoms with Crippen molar-refractivity contribution in [3.8, 4) is 11.5 Å². The first-order chi connectivity index (χ1) is 13.4. The third-order valence-electron chi connectivity index (χ3n) is 4.50. The standard InChI is InChI=1S/C18H17F4N3O3/c1-27-10-3-4-11(12(9-10)28-2)18(26)25-7-5-24(6-8-25)15-13(19)16(21)23-17(22)14(15)20/h3-4,9H,5-8H2,1-2H3. The SMILES string of the molecule is COc1ccc(C(=O)N2CCN(c3c(F)c(F)nc(F)c3F)CC2)c(OC)c1. The highest BCUT2D eigenvalue weighted by atomic mass is 19.2. The highest BCUT2D eigenvalue weighted by molar-refractivity contribution is 5.97. The molecule has 0 atom stereocenters. The first-order valence-corrected chi connectivity index (χ1v) is 8.33. The zero-order valence-electron chi connectivity index (χ0n) is 15.1. The van der Waals surface area contributed by atoms with Crippen molar-refractivity contribution in [3.63, 3.8) is 0 Å². The van der Waals surface area contributed by atoms with Crippen LogP contribution in [0.2, 0.25) is 0 Å². The van der Waals surface area contributed by atoms with Crippen LogP contribution < -0.4 is 14.4 Å². The molecule has 1 aliphatic rings. The van der Waals surface area contributed by atoms with Crippen LogP contribution in [0.5, 0.6) is 11.5 Å². The molecule has 3 rings (SSSR count). The zero-order chi connectivity index (χ0) is 20.4. The summed E-state index contributed by atoms with van der Waals surface area (Å²) in [5, 5.41) is 0. The van der Waals surface area contributed by atoms with Crippen LogP contribution in [-0.4, -0.2) is 56.2 Å². The van der Waals surface area contributed by atoms with E-state index in [9.17, 15) is 22.4 Å². The van der Waals surface area contributed by atoms with Gasteiger partial charge in [-0.25, -0.2) is 0 Å². The molecule has 2 heterocycles. The highest BCUT2D eigenvalue weighted by Crippen LogP contribution is 2.29. The Morgan fingerprint density at radius 1 is 0.964 bits per heavy atom. The van der Waals surface area contributed by atoms with Crippen molar-refractivity contribution in [2.45, 2.75) is 0 Å². The monoisotopic (exact) mass is 399 g/mol. The predicted octanol–water partition coefficient (Wildman–Crippen LogP) is 2.62. The van der Waals surface area contributed by atoms with Crippen LogP contribution in [-0.2, 0) is 0 Å². The molecule has 1 amide bonds. The number of rotatable bonds is 4. The average Bonchev–Trinajstić information content (AvgIpc) is 2.72. The van der Waals surface area contributed by atoms with E-state index in [1.165, 1.54) is 19.1 Å². The first kappa shape index (κ1) is 19.7. The number of hydrogen-bond acceptors (Lipinski definition) is 5. The summed E-state index contributed by atoms with van der Waals surface area (Å²) >= 11 is 0. The Balaban J connectivity index is 1.77. The molecule has 0 radical (unpaired) electrons. The van der Waals surface area contributed by atoms with Gasteiger partial charge in [0.2, 0.25) is 11.6 Å². The number of benzene rings is 1. The summed E-state index contributed by atoms with van der Waals surface area (Å²) < 4.78 is 64.8. The number of nitrogens with zero attached hydrogens (tertiary/aromatic N) is 3. The normalized spacial score (nSPS) is 14.2. The fraction of sp³-hybridized carbons (Fsp3) is 0.333. The van der Waals surface area contributed by atoms with E-state index in [0.29, 0.717) is 17.1 Å². The molecule has 1 aliphatic heterocycles. The molecule has 1 aromatic heterocycles. The second-order valence-electron chi connectivity index (χ2n) is 6.02. The summed E-state index contributed by atoms with van der Waals surface area (Å²) in [4.78, 5) is 17.9. The Labute approximate surface area is 158 Å². The highest BCUT2D eigenvalue weighted by Gasteiger charge is 2.30. The molecular formula is C18H17F4N3O3. The van der Waals surface area contributed by atoms with Gasteiger partial charge in [0.05, 0.1) is 19.8 Å². The molecule has 0 spiro atoms. The molecule has 150 valence electrons. The van der Waals surface area contributed by atoms with Crippen molar-refractivity contribution in [1.82, 2.24) is 9.88 Å². The van der Waals surface area contributed by atoms with Gasteiger partial charge in [-0.1, -0.05) is 0 Å². The smallest absolute Gasteiger partial charge is 0.257 e. The minimum Gasteiger partial charge on any atom is -0.497 e.